The Balaban J connectivity index is 1.87. The number of rotatable bonds is 11. The highest BCUT2D eigenvalue weighted by molar-refractivity contribution is 14.1. The fourth-order valence-electron chi connectivity index (χ4n) is 2.53. The van der Waals surface area contributed by atoms with E-state index in [1.807, 2.05) is 26.0 Å². The molecule has 0 atom stereocenters. The van der Waals surface area contributed by atoms with E-state index in [0.717, 1.165) is 15.6 Å². The Bertz CT molecular complexity index is 986. The van der Waals surface area contributed by atoms with Crippen molar-refractivity contribution in [2.75, 3.05) is 19.8 Å². The van der Waals surface area contributed by atoms with Crippen molar-refractivity contribution in [3.05, 3.63) is 55.1 Å². The molecule has 2 aromatic carbocycles. The molecule has 2 aromatic rings. The van der Waals surface area contributed by atoms with Crippen LogP contribution in [0.15, 0.2) is 35.4 Å². The molecule has 0 unspecified atom stereocenters. The molecule has 0 spiro atoms. The minimum absolute atomic E-state index is 0.0654. The maximum atomic E-state index is 12.1. The largest absolute Gasteiger partial charge is 0.490 e. The summed E-state index contributed by atoms with van der Waals surface area (Å²) in [5.74, 6) is 0.653. The molecule has 2 rings (SSSR count). The van der Waals surface area contributed by atoms with Crippen molar-refractivity contribution in [1.82, 2.24) is 10.7 Å². The summed E-state index contributed by atoms with van der Waals surface area (Å²) in [7, 11) is 0. The van der Waals surface area contributed by atoms with Crippen LogP contribution in [0.4, 0.5) is 0 Å². The highest BCUT2D eigenvalue weighted by Crippen LogP contribution is 2.34. The number of hydrazone groups is 1. The smallest absolute Gasteiger partial charge is 0.251 e. The standard InChI is InChI=1S/C22H24Cl2IN3O4/c1-3-9-32-21-18(25)10-14(11-19(21)31-4-2)13-27-28-20(29)7-8-26-22(30)15-5-6-16(23)17(24)12-15/h5-6,10-13H,3-4,7-9H2,1-2H3,(H,26,30)(H,28,29). The Morgan fingerprint density at radius 3 is 2.59 bits per heavy atom. The lowest BCUT2D eigenvalue weighted by Crippen LogP contribution is -2.29. The zero-order chi connectivity index (χ0) is 23.5. The van der Waals surface area contributed by atoms with E-state index in [4.69, 9.17) is 32.7 Å². The number of hydrogen-bond donors (Lipinski definition) is 2. The predicted octanol–water partition coefficient (Wildman–Crippen LogP) is 5.06. The SMILES string of the molecule is CCCOc1c(I)cc(C=NNC(=O)CCNC(=O)c2ccc(Cl)c(Cl)c2)cc1OCC. The average molecular weight is 592 g/mol. The van der Waals surface area contributed by atoms with E-state index in [0.29, 0.717) is 40.3 Å². The van der Waals surface area contributed by atoms with E-state index < -0.39 is 0 Å². The fraction of sp³-hybridized carbons (Fsp3) is 0.318. The van der Waals surface area contributed by atoms with Gasteiger partial charge in [0.15, 0.2) is 11.5 Å². The third kappa shape index (κ3) is 8.14. The lowest BCUT2D eigenvalue weighted by atomic mass is 10.2. The Morgan fingerprint density at radius 2 is 1.91 bits per heavy atom. The Labute approximate surface area is 211 Å². The normalized spacial score (nSPS) is 10.8. The zero-order valence-corrected chi connectivity index (χ0v) is 21.4. The number of nitrogens with one attached hydrogen (secondary N) is 2. The van der Waals surface area contributed by atoms with Gasteiger partial charge in [0.2, 0.25) is 5.91 Å². The maximum absolute atomic E-state index is 12.1. The number of carbonyl (C=O) groups excluding carboxylic acids is 2. The summed E-state index contributed by atoms with van der Waals surface area (Å²) < 4.78 is 12.3. The minimum atomic E-state index is -0.344. The van der Waals surface area contributed by atoms with Gasteiger partial charge in [0.25, 0.3) is 5.91 Å². The molecule has 0 aliphatic heterocycles. The van der Waals surface area contributed by atoms with Gasteiger partial charge in [-0.1, -0.05) is 30.1 Å². The van der Waals surface area contributed by atoms with Crippen LogP contribution in [-0.4, -0.2) is 37.8 Å². The van der Waals surface area contributed by atoms with Crippen molar-refractivity contribution in [2.24, 2.45) is 5.10 Å². The van der Waals surface area contributed by atoms with E-state index in [1.54, 1.807) is 12.1 Å². The van der Waals surface area contributed by atoms with E-state index in [9.17, 15) is 9.59 Å². The van der Waals surface area contributed by atoms with Crippen LogP contribution >= 0.6 is 45.8 Å². The van der Waals surface area contributed by atoms with Gasteiger partial charge in [-0.25, -0.2) is 5.43 Å². The molecule has 0 saturated carbocycles. The van der Waals surface area contributed by atoms with Crippen LogP contribution in [-0.2, 0) is 4.79 Å². The summed E-state index contributed by atoms with van der Waals surface area (Å²) in [6.45, 7) is 5.19. The van der Waals surface area contributed by atoms with Crippen LogP contribution < -0.4 is 20.2 Å². The van der Waals surface area contributed by atoms with Crippen LogP contribution in [0.25, 0.3) is 0 Å². The number of ether oxygens (including phenoxy) is 2. The number of hydrogen-bond acceptors (Lipinski definition) is 5. The third-order valence-corrected chi connectivity index (χ3v) is 5.54. The summed E-state index contributed by atoms with van der Waals surface area (Å²) in [6, 6.07) is 8.27. The molecule has 0 saturated heterocycles. The molecule has 0 heterocycles. The van der Waals surface area contributed by atoms with Gasteiger partial charge in [-0.2, -0.15) is 5.10 Å². The molecule has 32 heavy (non-hydrogen) atoms. The topological polar surface area (TPSA) is 89.0 Å². The van der Waals surface area contributed by atoms with E-state index in [-0.39, 0.29) is 24.8 Å². The molecular weight excluding hydrogens is 568 g/mol. The van der Waals surface area contributed by atoms with Gasteiger partial charge in [-0.05, 0) is 71.8 Å². The van der Waals surface area contributed by atoms with Gasteiger partial charge < -0.3 is 14.8 Å². The number of benzene rings is 2. The van der Waals surface area contributed by atoms with Gasteiger partial charge in [0.05, 0.1) is 33.0 Å². The molecule has 0 fully saturated rings. The molecule has 0 radical (unpaired) electrons. The van der Waals surface area contributed by atoms with Crippen molar-refractivity contribution in [2.45, 2.75) is 26.7 Å². The van der Waals surface area contributed by atoms with Crippen LogP contribution in [0, 0.1) is 3.57 Å². The summed E-state index contributed by atoms with van der Waals surface area (Å²) in [6.07, 6.45) is 2.49. The van der Waals surface area contributed by atoms with Crippen molar-refractivity contribution in [1.29, 1.82) is 0 Å². The highest BCUT2D eigenvalue weighted by Gasteiger charge is 2.12. The molecule has 10 heteroatoms. The van der Waals surface area contributed by atoms with Crippen molar-refractivity contribution in [3.8, 4) is 11.5 Å². The molecule has 172 valence electrons. The van der Waals surface area contributed by atoms with E-state index >= 15 is 0 Å². The fourth-order valence-corrected chi connectivity index (χ4v) is 3.61. The predicted molar refractivity (Wildman–Crippen MR) is 135 cm³/mol. The van der Waals surface area contributed by atoms with Crippen LogP contribution in [0.5, 0.6) is 11.5 Å². The summed E-state index contributed by atoms with van der Waals surface area (Å²) in [4.78, 5) is 24.1. The first-order valence-corrected chi connectivity index (χ1v) is 11.8. The lowest BCUT2D eigenvalue weighted by Gasteiger charge is -2.14. The first kappa shape index (κ1) is 26.2. The highest BCUT2D eigenvalue weighted by atomic mass is 127. The molecule has 0 aliphatic rings. The Hall–Kier alpha value is -2.04. The lowest BCUT2D eigenvalue weighted by molar-refractivity contribution is -0.120. The monoisotopic (exact) mass is 591 g/mol. The first-order chi connectivity index (χ1) is 15.3. The molecule has 0 aliphatic carbocycles. The number of carbonyl (C=O) groups is 2. The van der Waals surface area contributed by atoms with E-state index in [2.05, 4.69) is 38.4 Å². The van der Waals surface area contributed by atoms with Gasteiger partial charge in [-0.15, -0.1) is 0 Å². The van der Waals surface area contributed by atoms with Gasteiger partial charge in [-0.3, -0.25) is 9.59 Å². The summed E-state index contributed by atoms with van der Waals surface area (Å²) >= 11 is 13.9. The second-order valence-corrected chi connectivity index (χ2v) is 8.52. The molecule has 2 N–H and O–H groups in total. The summed E-state index contributed by atoms with van der Waals surface area (Å²) in [5, 5.41) is 7.29. The third-order valence-electron chi connectivity index (χ3n) is 4.00. The molecule has 2 amide bonds. The average Bonchev–Trinajstić information content (AvgIpc) is 2.75. The Kier molecular flexibility index (Phi) is 11.1. The Morgan fingerprint density at radius 1 is 1.12 bits per heavy atom. The second-order valence-electron chi connectivity index (χ2n) is 6.54. The quantitative estimate of drug-likeness (QED) is 0.217. The van der Waals surface area contributed by atoms with Crippen LogP contribution in [0.2, 0.25) is 10.0 Å². The minimum Gasteiger partial charge on any atom is -0.490 e. The molecular formula is C22H24Cl2IN3O4. The zero-order valence-electron chi connectivity index (χ0n) is 17.7. The molecule has 7 nitrogen and oxygen atoms in total. The van der Waals surface area contributed by atoms with Crippen LogP contribution in [0.1, 0.15) is 42.6 Å². The van der Waals surface area contributed by atoms with Crippen LogP contribution in [0.3, 0.4) is 0 Å². The van der Waals surface area contributed by atoms with Gasteiger partial charge in [0.1, 0.15) is 0 Å². The molecule has 0 aromatic heterocycles. The van der Waals surface area contributed by atoms with Crippen molar-refractivity contribution >= 4 is 63.8 Å². The van der Waals surface area contributed by atoms with Gasteiger partial charge in [0, 0.05) is 18.5 Å². The number of amides is 2. The molecule has 0 bridgehead atoms. The van der Waals surface area contributed by atoms with Crippen molar-refractivity contribution < 1.29 is 19.1 Å². The maximum Gasteiger partial charge on any atom is 0.251 e. The van der Waals surface area contributed by atoms with Gasteiger partial charge >= 0.3 is 0 Å². The first-order valence-electron chi connectivity index (χ1n) is 10.00. The second kappa shape index (κ2) is 13.5. The summed E-state index contributed by atoms with van der Waals surface area (Å²) in [5.41, 5.74) is 3.57. The van der Waals surface area contributed by atoms with Crippen molar-refractivity contribution in [3.63, 3.8) is 0 Å². The van der Waals surface area contributed by atoms with E-state index in [1.165, 1.54) is 12.3 Å². The number of halogens is 3. The number of nitrogens with zero attached hydrogens (tertiary/aromatic N) is 1.